The third-order valence-corrected chi connectivity index (χ3v) is 3.35. The Morgan fingerprint density at radius 2 is 1.84 bits per heavy atom. The molecule has 25 heavy (non-hydrogen) atoms. The number of nitrogens with zero attached hydrogens (tertiary/aromatic N) is 4. The van der Waals surface area contributed by atoms with E-state index in [-0.39, 0.29) is 17.5 Å². The lowest BCUT2D eigenvalue weighted by atomic mass is 10.2. The first-order valence-corrected chi connectivity index (χ1v) is 7.49. The highest BCUT2D eigenvalue weighted by Crippen LogP contribution is 2.23. The van der Waals surface area contributed by atoms with Crippen LogP contribution in [0.1, 0.15) is 6.92 Å². The Hall–Kier alpha value is -3.55. The predicted molar refractivity (Wildman–Crippen MR) is 91.6 cm³/mol. The van der Waals surface area contributed by atoms with Gasteiger partial charge in [-0.3, -0.25) is 9.59 Å². The van der Waals surface area contributed by atoms with E-state index in [0.717, 1.165) is 0 Å². The summed E-state index contributed by atoms with van der Waals surface area (Å²) in [4.78, 5) is 24.0. The second-order valence-corrected chi connectivity index (χ2v) is 5.29. The van der Waals surface area contributed by atoms with Crippen LogP contribution in [0.5, 0.6) is 5.75 Å². The molecule has 0 fully saturated rings. The zero-order chi connectivity index (χ0) is 17.8. The summed E-state index contributed by atoms with van der Waals surface area (Å²) < 4.78 is 0. The molecule has 3 rings (SSSR count). The lowest BCUT2D eigenvalue weighted by molar-refractivity contribution is -0.117. The monoisotopic (exact) mass is 337 g/mol. The van der Waals surface area contributed by atoms with Crippen LogP contribution in [0.2, 0.25) is 0 Å². The largest absolute Gasteiger partial charge is 0.508 e. The number of hydrogen-bond acceptors (Lipinski definition) is 6. The van der Waals surface area contributed by atoms with Gasteiger partial charge in [-0.1, -0.05) is 18.2 Å². The molecule has 1 atom stereocenters. The second-order valence-electron chi connectivity index (χ2n) is 5.29. The van der Waals surface area contributed by atoms with E-state index in [1.165, 1.54) is 24.1 Å². The topological polar surface area (TPSA) is 107 Å². The highest BCUT2D eigenvalue weighted by Gasteiger charge is 2.37. The van der Waals surface area contributed by atoms with Crippen molar-refractivity contribution in [3.05, 3.63) is 54.6 Å². The summed E-state index contributed by atoms with van der Waals surface area (Å²) in [5, 5.41) is 25.2. The molecule has 1 aliphatic rings. The SMILES string of the molecule is CC(=O)NC1=NN(c2ccccc2)C(=O)[C@H]1N=Nc1ccc(O)cc1. The number of phenols is 1. The van der Waals surface area contributed by atoms with Crippen molar-refractivity contribution in [2.45, 2.75) is 13.0 Å². The van der Waals surface area contributed by atoms with Crippen molar-refractivity contribution in [1.82, 2.24) is 5.32 Å². The molecule has 2 aromatic carbocycles. The molecular formula is C17H15N5O3. The highest BCUT2D eigenvalue weighted by molar-refractivity contribution is 6.21. The molecule has 0 saturated carbocycles. The molecule has 0 unspecified atom stereocenters. The Labute approximate surface area is 143 Å². The van der Waals surface area contributed by atoms with Crippen LogP contribution in [-0.4, -0.2) is 28.8 Å². The summed E-state index contributed by atoms with van der Waals surface area (Å²) in [5.41, 5.74) is 1.03. The summed E-state index contributed by atoms with van der Waals surface area (Å²) >= 11 is 0. The molecule has 0 radical (unpaired) electrons. The van der Waals surface area contributed by atoms with E-state index in [4.69, 9.17) is 0 Å². The van der Waals surface area contributed by atoms with Crippen LogP contribution in [0.15, 0.2) is 69.9 Å². The van der Waals surface area contributed by atoms with Crippen molar-refractivity contribution in [2.24, 2.45) is 15.3 Å². The van der Waals surface area contributed by atoms with E-state index in [1.807, 2.05) is 6.07 Å². The molecule has 0 bridgehead atoms. The van der Waals surface area contributed by atoms with Gasteiger partial charge in [0.25, 0.3) is 5.91 Å². The average molecular weight is 337 g/mol. The van der Waals surface area contributed by atoms with E-state index in [1.54, 1.807) is 36.4 Å². The van der Waals surface area contributed by atoms with E-state index in [9.17, 15) is 14.7 Å². The number of rotatable bonds is 3. The first-order chi connectivity index (χ1) is 12.0. The number of hydrogen-bond donors (Lipinski definition) is 2. The number of amides is 2. The predicted octanol–water partition coefficient (Wildman–Crippen LogP) is 2.34. The third kappa shape index (κ3) is 3.69. The van der Waals surface area contributed by atoms with Crippen molar-refractivity contribution in [2.75, 3.05) is 5.01 Å². The van der Waals surface area contributed by atoms with Gasteiger partial charge in [0.1, 0.15) is 5.75 Å². The minimum Gasteiger partial charge on any atom is -0.508 e. The molecular weight excluding hydrogens is 322 g/mol. The van der Waals surface area contributed by atoms with Crippen LogP contribution in [0.4, 0.5) is 11.4 Å². The molecule has 126 valence electrons. The van der Waals surface area contributed by atoms with Gasteiger partial charge < -0.3 is 10.4 Å². The number of phenolic OH excluding ortho intramolecular Hbond substituents is 1. The molecule has 8 heteroatoms. The van der Waals surface area contributed by atoms with Gasteiger partial charge in [-0.25, -0.2) is 0 Å². The highest BCUT2D eigenvalue weighted by atomic mass is 16.3. The Kier molecular flexibility index (Phi) is 4.51. The van der Waals surface area contributed by atoms with Gasteiger partial charge in [0.15, 0.2) is 5.84 Å². The van der Waals surface area contributed by atoms with Gasteiger partial charge in [0.2, 0.25) is 11.9 Å². The van der Waals surface area contributed by atoms with Crippen molar-refractivity contribution in [3.63, 3.8) is 0 Å². The number of anilines is 1. The Balaban J connectivity index is 1.88. The molecule has 0 aromatic heterocycles. The Bertz CT molecular complexity index is 846. The van der Waals surface area contributed by atoms with Gasteiger partial charge >= 0.3 is 0 Å². The number of para-hydroxylation sites is 1. The lowest BCUT2D eigenvalue weighted by Gasteiger charge is -2.11. The second kappa shape index (κ2) is 6.91. The lowest BCUT2D eigenvalue weighted by Crippen LogP contribution is -2.38. The van der Waals surface area contributed by atoms with Crippen LogP contribution in [0.3, 0.4) is 0 Å². The molecule has 0 saturated heterocycles. The maximum absolute atomic E-state index is 12.6. The fraction of sp³-hybridized carbons (Fsp3) is 0.118. The molecule has 2 aromatic rings. The zero-order valence-corrected chi connectivity index (χ0v) is 13.3. The normalized spacial score (nSPS) is 17.0. The number of benzene rings is 2. The van der Waals surface area contributed by atoms with Crippen molar-refractivity contribution >= 4 is 29.0 Å². The van der Waals surface area contributed by atoms with E-state index in [2.05, 4.69) is 20.6 Å². The summed E-state index contributed by atoms with van der Waals surface area (Å²) in [6.07, 6.45) is 0. The molecule has 1 aliphatic heterocycles. The van der Waals surface area contributed by atoms with Gasteiger partial charge in [-0.2, -0.15) is 15.2 Å². The van der Waals surface area contributed by atoms with Crippen LogP contribution in [-0.2, 0) is 9.59 Å². The Morgan fingerprint density at radius 3 is 2.48 bits per heavy atom. The zero-order valence-electron chi connectivity index (χ0n) is 13.3. The van der Waals surface area contributed by atoms with E-state index in [0.29, 0.717) is 11.4 Å². The number of carbonyl (C=O) groups is 2. The molecule has 0 spiro atoms. The number of azo groups is 1. The Morgan fingerprint density at radius 1 is 1.16 bits per heavy atom. The first kappa shape index (κ1) is 16.3. The maximum atomic E-state index is 12.6. The van der Waals surface area contributed by atoms with Crippen LogP contribution in [0.25, 0.3) is 0 Å². The summed E-state index contributed by atoms with van der Waals surface area (Å²) in [6.45, 7) is 1.33. The summed E-state index contributed by atoms with van der Waals surface area (Å²) in [5.74, 6) is -0.556. The van der Waals surface area contributed by atoms with Gasteiger partial charge in [0.05, 0.1) is 11.4 Å². The molecule has 0 aliphatic carbocycles. The van der Waals surface area contributed by atoms with Crippen LogP contribution < -0.4 is 10.3 Å². The number of amidine groups is 1. The quantitative estimate of drug-likeness (QED) is 0.839. The van der Waals surface area contributed by atoms with Gasteiger partial charge in [-0.05, 0) is 36.4 Å². The fourth-order valence-electron chi connectivity index (χ4n) is 2.22. The summed E-state index contributed by atoms with van der Waals surface area (Å²) in [7, 11) is 0. The average Bonchev–Trinajstić information content (AvgIpc) is 2.90. The van der Waals surface area contributed by atoms with Gasteiger partial charge in [-0.15, -0.1) is 5.10 Å². The first-order valence-electron chi connectivity index (χ1n) is 7.49. The smallest absolute Gasteiger partial charge is 0.282 e. The molecule has 2 amide bonds. The minimum atomic E-state index is -1.04. The minimum absolute atomic E-state index is 0.103. The van der Waals surface area contributed by atoms with Crippen molar-refractivity contribution in [1.29, 1.82) is 0 Å². The van der Waals surface area contributed by atoms with Gasteiger partial charge in [0, 0.05) is 6.92 Å². The molecule has 8 nitrogen and oxygen atoms in total. The fourth-order valence-corrected chi connectivity index (χ4v) is 2.22. The van der Waals surface area contributed by atoms with Crippen molar-refractivity contribution in [3.8, 4) is 5.75 Å². The number of carbonyl (C=O) groups excluding carboxylic acids is 2. The van der Waals surface area contributed by atoms with Crippen LogP contribution in [0, 0.1) is 0 Å². The molecule has 2 N–H and O–H groups in total. The van der Waals surface area contributed by atoms with Crippen LogP contribution >= 0.6 is 0 Å². The van der Waals surface area contributed by atoms with E-state index < -0.39 is 11.9 Å². The standard InChI is InChI=1S/C17H15N5O3/c1-11(23)18-16-15(20-19-12-7-9-14(24)10-8-12)17(25)22(21-16)13-5-3-2-4-6-13/h2-10,15,24H,1H3,(H,18,21,23)/t15-/m0/s1. The number of hydrazone groups is 1. The number of nitrogens with one attached hydrogen (secondary N) is 1. The van der Waals surface area contributed by atoms with Crippen molar-refractivity contribution < 1.29 is 14.7 Å². The third-order valence-electron chi connectivity index (χ3n) is 3.35. The number of aromatic hydroxyl groups is 1. The summed E-state index contributed by atoms with van der Waals surface area (Å²) in [6, 6.07) is 13.8. The van der Waals surface area contributed by atoms with E-state index >= 15 is 0 Å². The molecule has 1 heterocycles. The maximum Gasteiger partial charge on any atom is 0.282 e.